The molecule has 2 N–H and O–H groups in total. The molecule has 1 fully saturated rings. The van der Waals surface area contributed by atoms with E-state index >= 15 is 0 Å². The molecule has 0 aromatic carbocycles. The summed E-state index contributed by atoms with van der Waals surface area (Å²) in [6, 6.07) is 0. The second-order valence-electron chi connectivity index (χ2n) is 2.85. The van der Waals surface area contributed by atoms with Crippen molar-refractivity contribution in [2.24, 2.45) is 0 Å². The van der Waals surface area contributed by atoms with Crippen LogP contribution in [0.3, 0.4) is 0 Å². The van der Waals surface area contributed by atoms with Crippen molar-refractivity contribution in [3.63, 3.8) is 0 Å². The Hall–Kier alpha value is -0.610. The molecule has 11 heavy (non-hydrogen) atoms. The highest BCUT2D eigenvalue weighted by atomic mass is 16.5. The van der Waals surface area contributed by atoms with Gasteiger partial charge in [-0.15, -0.1) is 0 Å². The fourth-order valence-electron chi connectivity index (χ4n) is 1.42. The summed E-state index contributed by atoms with van der Waals surface area (Å²) in [7, 11) is 1.52. The van der Waals surface area contributed by atoms with Gasteiger partial charge in [-0.2, -0.15) is 0 Å². The Labute approximate surface area is 65.5 Å². The first-order valence-corrected chi connectivity index (χ1v) is 3.69. The van der Waals surface area contributed by atoms with E-state index in [1.165, 1.54) is 7.11 Å². The van der Waals surface area contributed by atoms with E-state index in [2.05, 4.69) is 5.32 Å². The standard InChI is InChI=1S/C7H13NO3/c1-11-5-7(6(9)10)3-2-4-8-7/h8H,2-5H2,1H3,(H,9,10)/t7-/m0/s1. The van der Waals surface area contributed by atoms with E-state index in [0.29, 0.717) is 6.42 Å². The Morgan fingerprint density at radius 3 is 2.91 bits per heavy atom. The number of hydrogen-bond donors (Lipinski definition) is 2. The maximum atomic E-state index is 10.8. The second kappa shape index (κ2) is 3.19. The highest BCUT2D eigenvalue weighted by Crippen LogP contribution is 2.19. The van der Waals surface area contributed by atoms with Gasteiger partial charge < -0.3 is 9.84 Å². The molecule has 4 heteroatoms. The van der Waals surface area contributed by atoms with Crippen molar-refractivity contribution in [1.82, 2.24) is 5.32 Å². The highest BCUT2D eigenvalue weighted by Gasteiger charge is 2.40. The SMILES string of the molecule is COC[C@]1(C(=O)O)CCCN1. The number of ether oxygens (including phenoxy) is 1. The molecule has 1 aliphatic rings. The van der Waals surface area contributed by atoms with Gasteiger partial charge in [-0.25, -0.2) is 0 Å². The van der Waals surface area contributed by atoms with E-state index in [-0.39, 0.29) is 6.61 Å². The maximum absolute atomic E-state index is 10.8. The monoisotopic (exact) mass is 159 g/mol. The van der Waals surface area contributed by atoms with Crippen LogP contribution in [0, 0.1) is 0 Å². The van der Waals surface area contributed by atoms with Gasteiger partial charge in [0, 0.05) is 7.11 Å². The molecule has 0 bridgehead atoms. The summed E-state index contributed by atoms with van der Waals surface area (Å²) < 4.78 is 4.85. The zero-order chi connectivity index (χ0) is 8.32. The number of carboxylic acid groups (broad SMARTS) is 1. The molecule has 1 atom stereocenters. The van der Waals surface area contributed by atoms with Crippen LogP contribution in [0.15, 0.2) is 0 Å². The van der Waals surface area contributed by atoms with Crippen molar-refractivity contribution in [2.75, 3.05) is 20.3 Å². The number of hydrogen-bond acceptors (Lipinski definition) is 3. The fourth-order valence-corrected chi connectivity index (χ4v) is 1.42. The Bertz CT molecular complexity index is 152. The number of carbonyl (C=O) groups is 1. The van der Waals surface area contributed by atoms with E-state index in [1.807, 2.05) is 0 Å². The van der Waals surface area contributed by atoms with Crippen LogP contribution in [-0.2, 0) is 9.53 Å². The summed E-state index contributed by atoms with van der Waals surface area (Å²) >= 11 is 0. The minimum absolute atomic E-state index is 0.252. The van der Waals surface area contributed by atoms with Gasteiger partial charge in [0.2, 0.25) is 0 Å². The van der Waals surface area contributed by atoms with Gasteiger partial charge in [-0.05, 0) is 19.4 Å². The zero-order valence-electron chi connectivity index (χ0n) is 6.59. The van der Waals surface area contributed by atoms with Crippen LogP contribution in [0.25, 0.3) is 0 Å². The van der Waals surface area contributed by atoms with Crippen LogP contribution in [-0.4, -0.2) is 36.9 Å². The molecule has 0 spiro atoms. The van der Waals surface area contributed by atoms with Crippen LogP contribution in [0.4, 0.5) is 0 Å². The molecular formula is C7H13NO3. The number of carboxylic acids is 1. The summed E-state index contributed by atoms with van der Waals surface area (Å²) in [4.78, 5) is 10.8. The lowest BCUT2D eigenvalue weighted by Crippen LogP contribution is -2.51. The lowest BCUT2D eigenvalue weighted by molar-refractivity contribution is -0.146. The van der Waals surface area contributed by atoms with Crippen LogP contribution >= 0.6 is 0 Å². The molecule has 64 valence electrons. The number of aliphatic carboxylic acids is 1. The van der Waals surface area contributed by atoms with Gasteiger partial charge >= 0.3 is 5.97 Å². The van der Waals surface area contributed by atoms with Gasteiger partial charge in [0.05, 0.1) is 6.61 Å². The Morgan fingerprint density at radius 2 is 2.55 bits per heavy atom. The second-order valence-corrected chi connectivity index (χ2v) is 2.85. The largest absolute Gasteiger partial charge is 0.480 e. The van der Waals surface area contributed by atoms with Crippen molar-refractivity contribution in [3.8, 4) is 0 Å². The first-order valence-electron chi connectivity index (χ1n) is 3.69. The lowest BCUT2D eigenvalue weighted by atomic mass is 9.99. The maximum Gasteiger partial charge on any atom is 0.326 e. The topological polar surface area (TPSA) is 58.6 Å². The van der Waals surface area contributed by atoms with E-state index in [0.717, 1.165) is 13.0 Å². The van der Waals surface area contributed by atoms with Crippen LogP contribution in [0.2, 0.25) is 0 Å². The van der Waals surface area contributed by atoms with E-state index in [4.69, 9.17) is 9.84 Å². The molecule has 0 saturated carbocycles. The molecule has 0 aliphatic carbocycles. The summed E-state index contributed by atoms with van der Waals surface area (Å²) in [6.45, 7) is 1.03. The minimum Gasteiger partial charge on any atom is -0.480 e. The Kier molecular flexibility index (Phi) is 2.46. The zero-order valence-corrected chi connectivity index (χ0v) is 6.59. The Morgan fingerprint density at radius 1 is 1.82 bits per heavy atom. The molecule has 0 aromatic heterocycles. The molecule has 0 aromatic rings. The van der Waals surface area contributed by atoms with Crippen LogP contribution in [0.1, 0.15) is 12.8 Å². The van der Waals surface area contributed by atoms with Crippen LogP contribution in [0.5, 0.6) is 0 Å². The van der Waals surface area contributed by atoms with Gasteiger partial charge in [0.15, 0.2) is 0 Å². The van der Waals surface area contributed by atoms with Gasteiger partial charge in [-0.3, -0.25) is 10.1 Å². The minimum atomic E-state index is -0.811. The highest BCUT2D eigenvalue weighted by molar-refractivity contribution is 5.79. The van der Waals surface area contributed by atoms with Crippen molar-refractivity contribution in [3.05, 3.63) is 0 Å². The van der Waals surface area contributed by atoms with Crippen LogP contribution < -0.4 is 5.32 Å². The third-order valence-corrected chi connectivity index (χ3v) is 2.04. The molecule has 1 rings (SSSR count). The average molecular weight is 159 g/mol. The van der Waals surface area contributed by atoms with E-state index in [1.54, 1.807) is 0 Å². The molecule has 1 aliphatic heterocycles. The molecule has 1 saturated heterocycles. The molecule has 4 nitrogen and oxygen atoms in total. The van der Waals surface area contributed by atoms with Crippen molar-refractivity contribution in [1.29, 1.82) is 0 Å². The van der Waals surface area contributed by atoms with Gasteiger partial charge in [0.1, 0.15) is 5.54 Å². The lowest BCUT2D eigenvalue weighted by Gasteiger charge is -2.22. The normalized spacial score (nSPS) is 30.6. The van der Waals surface area contributed by atoms with Crippen molar-refractivity contribution < 1.29 is 14.6 Å². The first kappa shape index (κ1) is 8.49. The smallest absolute Gasteiger partial charge is 0.326 e. The van der Waals surface area contributed by atoms with Gasteiger partial charge in [-0.1, -0.05) is 0 Å². The molecule has 0 amide bonds. The van der Waals surface area contributed by atoms with E-state index in [9.17, 15) is 4.79 Å². The third kappa shape index (κ3) is 1.52. The molecular weight excluding hydrogens is 146 g/mol. The fraction of sp³-hybridized carbons (Fsp3) is 0.857. The first-order chi connectivity index (χ1) is 5.21. The van der Waals surface area contributed by atoms with Crippen molar-refractivity contribution >= 4 is 5.97 Å². The quantitative estimate of drug-likeness (QED) is 0.600. The molecule has 1 heterocycles. The Balaban J connectivity index is 2.62. The van der Waals surface area contributed by atoms with Gasteiger partial charge in [0.25, 0.3) is 0 Å². The summed E-state index contributed by atoms with van der Waals surface area (Å²) in [5.74, 6) is -0.808. The summed E-state index contributed by atoms with van der Waals surface area (Å²) in [5, 5.41) is 11.8. The predicted molar refractivity (Wildman–Crippen MR) is 39.5 cm³/mol. The average Bonchev–Trinajstić information content (AvgIpc) is 2.38. The summed E-state index contributed by atoms with van der Waals surface area (Å²) in [6.07, 6.45) is 1.58. The number of rotatable bonds is 3. The van der Waals surface area contributed by atoms with E-state index < -0.39 is 11.5 Å². The number of methoxy groups -OCH3 is 1. The third-order valence-electron chi connectivity index (χ3n) is 2.04. The number of nitrogens with one attached hydrogen (secondary N) is 1. The van der Waals surface area contributed by atoms with Crippen molar-refractivity contribution in [2.45, 2.75) is 18.4 Å². The summed E-state index contributed by atoms with van der Waals surface area (Å²) in [5.41, 5.74) is -0.811. The molecule has 0 radical (unpaired) electrons. The molecule has 0 unspecified atom stereocenters. The predicted octanol–water partition coefficient (Wildman–Crippen LogP) is -0.160.